The first-order valence-corrected chi connectivity index (χ1v) is 14.0. The van der Waals surface area contributed by atoms with Gasteiger partial charge in [-0.25, -0.2) is 9.78 Å². The summed E-state index contributed by atoms with van der Waals surface area (Å²) in [6.07, 6.45) is 4.82. The highest BCUT2D eigenvalue weighted by atomic mass is 16.6. The third kappa shape index (κ3) is 4.36. The topological polar surface area (TPSA) is 89.8 Å². The van der Waals surface area contributed by atoms with Crippen molar-refractivity contribution in [2.45, 2.75) is 83.6 Å². The summed E-state index contributed by atoms with van der Waals surface area (Å²) >= 11 is 0. The highest BCUT2D eigenvalue weighted by Gasteiger charge is 2.50. The van der Waals surface area contributed by atoms with Gasteiger partial charge in [0.15, 0.2) is 0 Å². The predicted octanol–water partition coefficient (Wildman–Crippen LogP) is 5.43. The molecule has 1 unspecified atom stereocenters. The van der Waals surface area contributed by atoms with E-state index in [1.54, 1.807) is 16.0 Å². The summed E-state index contributed by atoms with van der Waals surface area (Å²) in [5.74, 6) is 0.682. The van der Waals surface area contributed by atoms with Gasteiger partial charge in [-0.05, 0) is 72.4 Å². The van der Waals surface area contributed by atoms with Crippen LogP contribution in [0, 0.1) is 0 Å². The van der Waals surface area contributed by atoms with Crippen molar-refractivity contribution in [3.8, 4) is 11.3 Å². The summed E-state index contributed by atoms with van der Waals surface area (Å²) in [5, 5.41) is 6.18. The number of likely N-dealkylation sites (tertiary alicyclic amines) is 1. The van der Waals surface area contributed by atoms with Gasteiger partial charge in [0, 0.05) is 42.4 Å². The van der Waals surface area contributed by atoms with Crippen molar-refractivity contribution >= 4 is 28.7 Å². The summed E-state index contributed by atoms with van der Waals surface area (Å²) in [7, 11) is 0. The van der Waals surface area contributed by atoms with Gasteiger partial charge < -0.3 is 14.4 Å². The molecule has 2 amide bonds. The Hall–Kier alpha value is -3.46. The molecule has 2 fully saturated rings. The van der Waals surface area contributed by atoms with E-state index in [-0.39, 0.29) is 24.3 Å². The maximum atomic E-state index is 13.8. The van der Waals surface area contributed by atoms with Crippen molar-refractivity contribution in [2.75, 3.05) is 24.6 Å². The molecule has 3 aliphatic rings. The number of amides is 2. The van der Waals surface area contributed by atoms with E-state index in [9.17, 15) is 9.59 Å². The zero-order valence-electron chi connectivity index (χ0n) is 23.4. The summed E-state index contributed by atoms with van der Waals surface area (Å²) in [6.45, 7) is 11.4. The molecule has 3 aliphatic heterocycles. The quantitative estimate of drug-likeness (QED) is 0.448. The predicted molar refractivity (Wildman–Crippen MR) is 149 cm³/mol. The normalized spacial score (nSPS) is 22.9. The molecule has 2 atom stereocenters. The number of para-hydroxylation sites is 1. The molecule has 3 aromatic rings. The van der Waals surface area contributed by atoms with Gasteiger partial charge in [0.05, 0.1) is 17.0 Å². The highest BCUT2D eigenvalue weighted by Crippen LogP contribution is 2.48. The maximum Gasteiger partial charge on any atom is 0.410 e. The van der Waals surface area contributed by atoms with Gasteiger partial charge in [-0.1, -0.05) is 18.2 Å². The third-order valence-corrected chi connectivity index (χ3v) is 8.01. The van der Waals surface area contributed by atoms with E-state index in [1.165, 1.54) is 0 Å². The lowest BCUT2D eigenvalue weighted by Crippen LogP contribution is -2.45. The molecule has 5 heterocycles. The lowest BCUT2D eigenvalue weighted by atomic mass is 9.83. The molecule has 2 aromatic heterocycles. The monoisotopic (exact) mass is 531 g/mol. The number of carbonyl (C=O) groups excluding carboxylic acids is 2. The SMILES string of the molecule is CC(C)(C)OC(=O)N1CC[C@H](n2nc(-c3ccnc4c3C(C)(C)C(=O)N4C3CCCCO3)c3ccccc32)C1. The number of benzene rings is 1. The van der Waals surface area contributed by atoms with Crippen LogP contribution in [-0.4, -0.2) is 63.2 Å². The third-order valence-electron chi connectivity index (χ3n) is 8.01. The van der Waals surface area contributed by atoms with Gasteiger partial charge >= 0.3 is 6.09 Å². The Morgan fingerprint density at radius 2 is 1.92 bits per heavy atom. The van der Waals surface area contributed by atoms with Gasteiger partial charge in [-0.15, -0.1) is 0 Å². The molecule has 0 radical (unpaired) electrons. The summed E-state index contributed by atoms with van der Waals surface area (Å²) in [4.78, 5) is 34.8. The Labute approximate surface area is 229 Å². The molecule has 9 nitrogen and oxygen atoms in total. The molecule has 39 heavy (non-hydrogen) atoms. The number of aromatic nitrogens is 3. The molecule has 0 saturated carbocycles. The number of fused-ring (bicyclic) bond motifs is 2. The lowest BCUT2D eigenvalue weighted by Gasteiger charge is -2.31. The standard InChI is InChI=1S/C30H37N5O4/c1-29(2,3)39-28(37)33-16-14-19(18-33)35-22-11-7-6-10-20(22)25(32-35)21-13-15-31-26-24(21)30(4,5)27(36)34(26)23-12-8-9-17-38-23/h6-7,10-11,13,15,19,23H,8-9,12,14,16-18H2,1-5H3/t19-,23?/m0/s1. The minimum atomic E-state index is -0.772. The van der Waals surface area contributed by atoms with E-state index >= 15 is 0 Å². The zero-order valence-corrected chi connectivity index (χ0v) is 23.4. The summed E-state index contributed by atoms with van der Waals surface area (Å²) in [6, 6.07) is 10.2. The second kappa shape index (κ2) is 9.33. The summed E-state index contributed by atoms with van der Waals surface area (Å²) < 4.78 is 13.7. The first-order valence-electron chi connectivity index (χ1n) is 14.0. The van der Waals surface area contributed by atoms with Crippen LogP contribution in [0.1, 0.15) is 71.9 Å². The number of pyridine rings is 1. The van der Waals surface area contributed by atoms with E-state index in [4.69, 9.17) is 19.6 Å². The van der Waals surface area contributed by atoms with Crippen LogP contribution in [0.15, 0.2) is 36.5 Å². The minimum absolute atomic E-state index is 0.0110. The number of rotatable bonds is 3. The average molecular weight is 532 g/mol. The van der Waals surface area contributed by atoms with Crippen molar-refractivity contribution in [1.29, 1.82) is 0 Å². The average Bonchev–Trinajstić information content (AvgIpc) is 3.58. The van der Waals surface area contributed by atoms with Gasteiger partial charge in [-0.2, -0.15) is 5.10 Å². The van der Waals surface area contributed by atoms with Crippen LogP contribution >= 0.6 is 0 Å². The van der Waals surface area contributed by atoms with Gasteiger partial charge in [0.1, 0.15) is 23.3 Å². The molecule has 9 heteroatoms. The van der Waals surface area contributed by atoms with E-state index in [2.05, 4.69) is 12.1 Å². The van der Waals surface area contributed by atoms with Crippen LogP contribution in [0.3, 0.4) is 0 Å². The van der Waals surface area contributed by atoms with Crippen LogP contribution in [-0.2, 0) is 19.7 Å². The van der Waals surface area contributed by atoms with Crippen LogP contribution in [0.25, 0.3) is 22.2 Å². The number of ether oxygens (including phenoxy) is 2. The largest absolute Gasteiger partial charge is 0.444 e. The number of carbonyl (C=O) groups is 2. The van der Waals surface area contributed by atoms with Crippen LogP contribution in [0.2, 0.25) is 0 Å². The minimum Gasteiger partial charge on any atom is -0.444 e. The number of hydrogen-bond acceptors (Lipinski definition) is 6. The molecule has 2 saturated heterocycles. The fraction of sp³-hybridized carbons (Fsp3) is 0.533. The second-order valence-electron chi connectivity index (χ2n) is 12.4. The molecule has 0 bridgehead atoms. The molecular weight excluding hydrogens is 494 g/mol. The molecule has 6 rings (SSSR count). The van der Waals surface area contributed by atoms with Crippen molar-refractivity contribution in [3.05, 3.63) is 42.1 Å². The molecule has 0 spiro atoms. The van der Waals surface area contributed by atoms with Crippen molar-refractivity contribution in [1.82, 2.24) is 19.7 Å². The molecule has 1 aromatic carbocycles. The maximum absolute atomic E-state index is 13.8. The second-order valence-corrected chi connectivity index (χ2v) is 12.4. The number of nitrogens with zero attached hydrogens (tertiary/aromatic N) is 5. The first-order chi connectivity index (χ1) is 18.6. The zero-order chi connectivity index (χ0) is 27.5. The van der Waals surface area contributed by atoms with Crippen molar-refractivity contribution < 1.29 is 19.1 Å². The fourth-order valence-corrected chi connectivity index (χ4v) is 6.15. The smallest absolute Gasteiger partial charge is 0.410 e. The van der Waals surface area contributed by atoms with Gasteiger partial charge in [0.2, 0.25) is 5.91 Å². The van der Waals surface area contributed by atoms with E-state index < -0.39 is 11.0 Å². The first kappa shape index (κ1) is 25.8. The summed E-state index contributed by atoms with van der Waals surface area (Å²) in [5.41, 5.74) is 2.32. The number of hydrogen-bond donors (Lipinski definition) is 0. The molecular formula is C30H37N5O4. The lowest BCUT2D eigenvalue weighted by molar-refractivity contribution is -0.125. The van der Waals surface area contributed by atoms with E-state index in [0.717, 1.165) is 53.4 Å². The van der Waals surface area contributed by atoms with Gasteiger partial charge in [0.25, 0.3) is 0 Å². The van der Waals surface area contributed by atoms with Crippen LogP contribution in [0.5, 0.6) is 0 Å². The highest BCUT2D eigenvalue weighted by molar-refractivity contribution is 6.10. The Morgan fingerprint density at radius 3 is 2.67 bits per heavy atom. The van der Waals surface area contributed by atoms with Crippen molar-refractivity contribution in [3.63, 3.8) is 0 Å². The van der Waals surface area contributed by atoms with Crippen LogP contribution < -0.4 is 4.90 Å². The van der Waals surface area contributed by atoms with E-state index in [0.29, 0.717) is 25.5 Å². The molecule has 206 valence electrons. The fourth-order valence-electron chi connectivity index (χ4n) is 6.15. The number of anilines is 1. The Balaban J connectivity index is 1.41. The Kier molecular flexibility index (Phi) is 6.17. The van der Waals surface area contributed by atoms with Crippen molar-refractivity contribution in [2.24, 2.45) is 0 Å². The Bertz CT molecular complexity index is 1430. The van der Waals surface area contributed by atoms with Gasteiger partial charge in [-0.3, -0.25) is 14.4 Å². The van der Waals surface area contributed by atoms with Crippen LogP contribution in [0.4, 0.5) is 10.6 Å². The van der Waals surface area contributed by atoms with E-state index in [1.807, 2.05) is 57.5 Å². The Morgan fingerprint density at radius 1 is 1.13 bits per heavy atom. The molecule has 0 aliphatic carbocycles. The molecule has 0 N–H and O–H groups in total.